The molecule has 0 atom stereocenters. The molecule has 168 valence electrons. The van der Waals surface area contributed by atoms with Crippen LogP contribution in [0.1, 0.15) is 22.6 Å². The maximum absolute atomic E-state index is 10.5. The predicted octanol–water partition coefficient (Wildman–Crippen LogP) is 4.18. The minimum Gasteiger partial charge on any atom is -0.508 e. The van der Waals surface area contributed by atoms with Crippen molar-refractivity contribution in [2.24, 2.45) is 0 Å². The van der Waals surface area contributed by atoms with Crippen molar-refractivity contribution in [2.75, 3.05) is 0 Å². The molecule has 0 fully saturated rings. The summed E-state index contributed by atoms with van der Waals surface area (Å²) in [5, 5.41) is 80.2. The summed E-state index contributed by atoms with van der Waals surface area (Å²) in [6.07, 6.45) is 0. The lowest BCUT2D eigenvalue weighted by molar-refractivity contribution is 0.360. The summed E-state index contributed by atoms with van der Waals surface area (Å²) in [5.74, 6) is -4.93. The highest BCUT2D eigenvalue weighted by Gasteiger charge is 2.27. The second-order valence-electron chi connectivity index (χ2n) is 7.50. The van der Waals surface area contributed by atoms with Gasteiger partial charge in [-0.25, -0.2) is 0 Å². The zero-order chi connectivity index (χ0) is 23.9. The van der Waals surface area contributed by atoms with Gasteiger partial charge in [0.2, 0.25) is 11.5 Å². The molecule has 0 saturated heterocycles. The van der Waals surface area contributed by atoms with Crippen molar-refractivity contribution in [1.82, 2.24) is 0 Å². The first-order valence-corrected chi connectivity index (χ1v) is 9.79. The van der Waals surface area contributed by atoms with E-state index in [0.29, 0.717) is 16.7 Å². The second kappa shape index (κ2) is 8.08. The Labute approximate surface area is 187 Å². The molecular formula is C25H20O8. The summed E-state index contributed by atoms with van der Waals surface area (Å²) in [6.45, 7) is 0. The van der Waals surface area contributed by atoms with Crippen molar-refractivity contribution in [3.8, 4) is 57.1 Å². The summed E-state index contributed by atoms with van der Waals surface area (Å²) in [5.41, 5.74) is 1.83. The Balaban J connectivity index is 1.89. The van der Waals surface area contributed by atoms with E-state index < -0.39 is 40.4 Å². The van der Waals surface area contributed by atoms with E-state index >= 15 is 0 Å². The fourth-order valence-corrected chi connectivity index (χ4v) is 3.78. The monoisotopic (exact) mass is 448 g/mol. The van der Waals surface area contributed by atoms with E-state index in [1.165, 1.54) is 36.4 Å². The van der Waals surface area contributed by atoms with Crippen LogP contribution in [0.5, 0.6) is 46.0 Å². The maximum atomic E-state index is 10.5. The predicted molar refractivity (Wildman–Crippen MR) is 119 cm³/mol. The lowest BCUT2D eigenvalue weighted by atomic mass is 9.83. The van der Waals surface area contributed by atoms with Crippen molar-refractivity contribution in [3.63, 3.8) is 0 Å². The second-order valence-corrected chi connectivity index (χ2v) is 7.50. The molecule has 4 rings (SSSR count). The largest absolute Gasteiger partial charge is 0.508 e. The Kier molecular flexibility index (Phi) is 5.27. The Morgan fingerprint density at radius 1 is 0.455 bits per heavy atom. The van der Waals surface area contributed by atoms with Gasteiger partial charge in [-0.15, -0.1) is 0 Å². The Hall–Kier alpha value is -4.72. The molecule has 0 aliphatic heterocycles. The van der Waals surface area contributed by atoms with Crippen LogP contribution >= 0.6 is 0 Å². The van der Waals surface area contributed by atoms with Gasteiger partial charge in [-0.2, -0.15) is 0 Å². The van der Waals surface area contributed by atoms with Crippen molar-refractivity contribution in [1.29, 1.82) is 0 Å². The van der Waals surface area contributed by atoms with Crippen LogP contribution in [0.4, 0.5) is 0 Å². The summed E-state index contributed by atoms with van der Waals surface area (Å²) < 4.78 is 0. The molecule has 0 spiro atoms. The molecule has 0 aliphatic carbocycles. The molecule has 4 aromatic carbocycles. The minimum atomic E-state index is -0.925. The molecule has 0 aromatic heterocycles. The van der Waals surface area contributed by atoms with Gasteiger partial charge in [0.1, 0.15) is 11.5 Å². The average molecular weight is 448 g/mol. The fraction of sp³-hybridized carbons (Fsp3) is 0.0400. The lowest BCUT2D eigenvalue weighted by Gasteiger charge is -2.22. The van der Waals surface area contributed by atoms with Crippen molar-refractivity contribution in [2.45, 2.75) is 5.92 Å². The molecule has 0 amide bonds. The van der Waals surface area contributed by atoms with Gasteiger partial charge in [0.05, 0.1) is 0 Å². The van der Waals surface area contributed by atoms with Crippen LogP contribution < -0.4 is 0 Å². The molecule has 8 heteroatoms. The molecule has 0 bridgehead atoms. The normalized spacial score (nSPS) is 11.1. The fourth-order valence-electron chi connectivity index (χ4n) is 3.78. The van der Waals surface area contributed by atoms with Crippen molar-refractivity contribution in [3.05, 3.63) is 83.4 Å². The Morgan fingerprint density at radius 2 is 0.970 bits per heavy atom. The van der Waals surface area contributed by atoms with Crippen LogP contribution in [-0.4, -0.2) is 40.9 Å². The standard InChI is InChI=1S/C25H20O8/c26-14-5-6-15(20(29)11-14)12-1-3-13(4-2-12)21(16-7-9-18(27)24(32)22(16)30)17-8-10-19(28)25(33)23(17)31/h1-11,21,26-33H. The van der Waals surface area contributed by atoms with Gasteiger partial charge in [-0.1, -0.05) is 36.4 Å². The van der Waals surface area contributed by atoms with Gasteiger partial charge >= 0.3 is 0 Å². The molecular weight excluding hydrogens is 428 g/mol. The smallest absolute Gasteiger partial charge is 0.200 e. The van der Waals surface area contributed by atoms with Gasteiger partial charge in [0.15, 0.2) is 23.0 Å². The van der Waals surface area contributed by atoms with Crippen LogP contribution in [0, 0.1) is 0 Å². The summed E-state index contributed by atoms with van der Waals surface area (Å²) >= 11 is 0. The molecule has 8 nitrogen and oxygen atoms in total. The molecule has 8 N–H and O–H groups in total. The Morgan fingerprint density at radius 3 is 1.45 bits per heavy atom. The number of benzene rings is 4. The molecule has 0 radical (unpaired) electrons. The van der Waals surface area contributed by atoms with Crippen LogP contribution in [0.25, 0.3) is 11.1 Å². The maximum Gasteiger partial charge on any atom is 0.200 e. The van der Waals surface area contributed by atoms with Gasteiger partial charge < -0.3 is 40.9 Å². The first-order chi connectivity index (χ1) is 15.7. The van der Waals surface area contributed by atoms with Crippen molar-refractivity contribution >= 4 is 0 Å². The van der Waals surface area contributed by atoms with E-state index in [1.54, 1.807) is 30.3 Å². The first-order valence-electron chi connectivity index (χ1n) is 9.79. The van der Waals surface area contributed by atoms with Crippen LogP contribution in [0.3, 0.4) is 0 Å². The van der Waals surface area contributed by atoms with E-state index in [1.807, 2.05) is 0 Å². The summed E-state index contributed by atoms with van der Waals surface area (Å²) in [7, 11) is 0. The first kappa shape index (κ1) is 21.5. The number of phenols is 8. The average Bonchev–Trinajstić information content (AvgIpc) is 2.79. The summed E-state index contributed by atoms with van der Waals surface area (Å²) in [4.78, 5) is 0. The van der Waals surface area contributed by atoms with Crippen LogP contribution in [-0.2, 0) is 0 Å². The zero-order valence-corrected chi connectivity index (χ0v) is 17.0. The molecule has 0 saturated carbocycles. The SMILES string of the molecule is Oc1ccc(-c2ccc(C(c3ccc(O)c(O)c3O)c3ccc(O)c(O)c3O)cc2)c(O)c1. The number of aromatic hydroxyl groups is 8. The Bertz CT molecular complexity index is 1290. The van der Waals surface area contributed by atoms with E-state index in [2.05, 4.69) is 0 Å². The van der Waals surface area contributed by atoms with E-state index in [-0.39, 0.29) is 22.6 Å². The number of rotatable bonds is 4. The minimum absolute atomic E-state index is 0.0850. The number of hydrogen-bond donors (Lipinski definition) is 8. The highest BCUT2D eigenvalue weighted by molar-refractivity contribution is 5.72. The molecule has 33 heavy (non-hydrogen) atoms. The van der Waals surface area contributed by atoms with Gasteiger partial charge in [-0.05, 0) is 35.4 Å². The molecule has 0 aliphatic rings. The zero-order valence-electron chi connectivity index (χ0n) is 17.0. The highest BCUT2D eigenvalue weighted by atomic mass is 16.3. The van der Waals surface area contributed by atoms with Gasteiger partial charge in [-0.3, -0.25) is 0 Å². The highest BCUT2D eigenvalue weighted by Crippen LogP contribution is 2.49. The summed E-state index contributed by atoms with van der Waals surface area (Å²) in [6, 6.07) is 15.9. The van der Waals surface area contributed by atoms with Crippen LogP contribution in [0.15, 0.2) is 66.7 Å². The van der Waals surface area contributed by atoms with E-state index in [4.69, 9.17) is 0 Å². The van der Waals surface area contributed by atoms with Crippen LogP contribution in [0.2, 0.25) is 0 Å². The lowest BCUT2D eigenvalue weighted by Crippen LogP contribution is -2.05. The molecule has 0 heterocycles. The van der Waals surface area contributed by atoms with E-state index in [9.17, 15) is 40.9 Å². The molecule has 0 unspecified atom stereocenters. The van der Waals surface area contributed by atoms with Crippen molar-refractivity contribution < 1.29 is 40.9 Å². The van der Waals surface area contributed by atoms with Gasteiger partial charge in [0.25, 0.3) is 0 Å². The topological polar surface area (TPSA) is 162 Å². The third-order valence-corrected chi connectivity index (χ3v) is 5.48. The van der Waals surface area contributed by atoms with Gasteiger partial charge in [0, 0.05) is 28.7 Å². The third-order valence-electron chi connectivity index (χ3n) is 5.48. The molecule has 4 aromatic rings. The van der Waals surface area contributed by atoms with E-state index in [0.717, 1.165) is 0 Å². The number of hydrogen-bond acceptors (Lipinski definition) is 8. The quantitative estimate of drug-likeness (QED) is 0.170. The number of phenolic OH excluding ortho intramolecular Hbond substituents is 8. The third kappa shape index (κ3) is 3.74.